The molecule has 2 rings (SSSR count). The number of nitrogens with one attached hydrogen (secondary N) is 1. The summed E-state index contributed by atoms with van der Waals surface area (Å²) in [5.41, 5.74) is 0.714. The fraction of sp³-hybridized carbons (Fsp3) is 0.600. The number of rotatable bonds is 1. The minimum Gasteiger partial charge on any atom is -0.375 e. The number of amides is 2. The van der Waals surface area contributed by atoms with Crippen molar-refractivity contribution >= 4 is 11.7 Å². The van der Waals surface area contributed by atoms with Gasteiger partial charge in [-0.15, -0.1) is 0 Å². The van der Waals surface area contributed by atoms with Gasteiger partial charge in [0.25, 0.3) is 0 Å². The van der Waals surface area contributed by atoms with E-state index in [1.54, 1.807) is 22.0 Å². The molecule has 0 saturated carbocycles. The number of urea groups is 1. The van der Waals surface area contributed by atoms with Gasteiger partial charge in [0.05, 0.1) is 24.6 Å². The van der Waals surface area contributed by atoms with Crippen molar-refractivity contribution in [2.24, 2.45) is 7.05 Å². The van der Waals surface area contributed by atoms with E-state index in [1.807, 2.05) is 14.0 Å². The molecule has 2 amide bonds. The second kappa shape index (κ2) is 4.52. The maximum absolute atomic E-state index is 11.8. The first-order valence-corrected chi connectivity index (χ1v) is 5.31. The molecule has 1 aliphatic rings. The fourth-order valence-corrected chi connectivity index (χ4v) is 1.69. The molecule has 1 aliphatic heterocycles. The van der Waals surface area contributed by atoms with Crippen LogP contribution in [0.2, 0.25) is 0 Å². The summed E-state index contributed by atoms with van der Waals surface area (Å²) in [5.74, 6) is 0. The lowest BCUT2D eigenvalue weighted by Gasteiger charge is -2.30. The van der Waals surface area contributed by atoms with Gasteiger partial charge in [-0.1, -0.05) is 0 Å². The van der Waals surface area contributed by atoms with Crippen LogP contribution in [0.1, 0.15) is 6.92 Å². The summed E-state index contributed by atoms with van der Waals surface area (Å²) in [6, 6.07) is -0.0943. The molecule has 1 fully saturated rings. The van der Waals surface area contributed by atoms with Crippen molar-refractivity contribution in [2.45, 2.75) is 13.0 Å². The van der Waals surface area contributed by atoms with Gasteiger partial charge in [-0.25, -0.2) is 4.79 Å². The Kier molecular flexibility index (Phi) is 3.09. The van der Waals surface area contributed by atoms with Crippen molar-refractivity contribution in [1.82, 2.24) is 14.7 Å². The third kappa shape index (κ3) is 2.52. The number of aromatic nitrogens is 2. The minimum absolute atomic E-state index is 0.0943. The second-order valence-corrected chi connectivity index (χ2v) is 3.96. The van der Waals surface area contributed by atoms with Crippen LogP contribution in [0.15, 0.2) is 12.4 Å². The first kappa shape index (κ1) is 10.9. The average molecular weight is 224 g/mol. The van der Waals surface area contributed by atoms with E-state index in [0.717, 1.165) is 0 Å². The Hall–Kier alpha value is -1.56. The Balaban J connectivity index is 1.92. The number of aryl methyl sites for hydroxylation is 1. The van der Waals surface area contributed by atoms with Crippen LogP contribution in [0.4, 0.5) is 10.5 Å². The summed E-state index contributed by atoms with van der Waals surface area (Å²) in [6.45, 7) is 3.83. The smallest absolute Gasteiger partial charge is 0.322 e. The van der Waals surface area contributed by atoms with Crippen LogP contribution in [0.3, 0.4) is 0 Å². The van der Waals surface area contributed by atoms with E-state index in [9.17, 15) is 4.79 Å². The van der Waals surface area contributed by atoms with Gasteiger partial charge in [-0.3, -0.25) is 4.68 Å². The van der Waals surface area contributed by atoms with Gasteiger partial charge in [0.1, 0.15) is 0 Å². The van der Waals surface area contributed by atoms with Crippen molar-refractivity contribution in [3.05, 3.63) is 12.4 Å². The molecule has 88 valence electrons. The normalized spacial score (nSPS) is 20.9. The number of nitrogens with zero attached hydrogens (tertiary/aromatic N) is 3. The Morgan fingerprint density at radius 1 is 1.69 bits per heavy atom. The molecular weight excluding hydrogens is 208 g/mol. The molecule has 1 unspecified atom stereocenters. The van der Waals surface area contributed by atoms with Crippen LogP contribution in [0.25, 0.3) is 0 Å². The lowest BCUT2D eigenvalue weighted by atomic mass is 10.3. The summed E-state index contributed by atoms with van der Waals surface area (Å²) >= 11 is 0. The zero-order valence-electron chi connectivity index (χ0n) is 9.51. The van der Waals surface area contributed by atoms with Crippen molar-refractivity contribution in [3.63, 3.8) is 0 Å². The average Bonchev–Trinajstić information content (AvgIpc) is 2.64. The number of hydrogen-bond donors (Lipinski definition) is 1. The number of carbonyl (C=O) groups is 1. The maximum atomic E-state index is 11.8. The first-order chi connectivity index (χ1) is 7.65. The zero-order chi connectivity index (χ0) is 11.5. The van der Waals surface area contributed by atoms with Crippen LogP contribution >= 0.6 is 0 Å². The number of anilines is 1. The molecule has 6 nitrogen and oxygen atoms in total. The predicted octanol–water partition coefficient (Wildman–Crippen LogP) is 0.673. The number of carbonyl (C=O) groups excluding carboxylic acids is 1. The standard InChI is InChI=1S/C10H16N4O2/c1-8-6-14(3-4-16-8)10(15)12-9-5-11-13(2)7-9/h5,7-8H,3-4,6H2,1-2H3,(H,12,15). The summed E-state index contributed by atoms with van der Waals surface area (Å²) in [7, 11) is 1.81. The van der Waals surface area contributed by atoms with Crippen molar-refractivity contribution < 1.29 is 9.53 Å². The number of morpholine rings is 1. The van der Waals surface area contributed by atoms with E-state index in [1.165, 1.54) is 0 Å². The van der Waals surface area contributed by atoms with Crippen molar-refractivity contribution in [1.29, 1.82) is 0 Å². The molecule has 1 aromatic heterocycles. The van der Waals surface area contributed by atoms with Gasteiger partial charge < -0.3 is 15.0 Å². The zero-order valence-corrected chi connectivity index (χ0v) is 9.51. The molecule has 0 radical (unpaired) electrons. The van der Waals surface area contributed by atoms with Crippen molar-refractivity contribution in [3.8, 4) is 0 Å². The predicted molar refractivity (Wildman–Crippen MR) is 59.2 cm³/mol. The highest BCUT2D eigenvalue weighted by Gasteiger charge is 2.21. The lowest BCUT2D eigenvalue weighted by molar-refractivity contribution is -0.00138. The van der Waals surface area contributed by atoms with E-state index < -0.39 is 0 Å². The van der Waals surface area contributed by atoms with Gasteiger partial charge in [0.2, 0.25) is 0 Å². The monoisotopic (exact) mass is 224 g/mol. The van der Waals surface area contributed by atoms with Gasteiger partial charge in [-0.2, -0.15) is 5.10 Å². The molecule has 0 spiro atoms. The molecule has 0 aromatic carbocycles. The van der Waals surface area contributed by atoms with Crippen LogP contribution in [0, 0.1) is 0 Å². The van der Waals surface area contributed by atoms with Crippen LogP contribution in [0.5, 0.6) is 0 Å². The first-order valence-electron chi connectivity index (χ1n) is 5.31. The van der Waals surface area contributed by atoms with E-state index in [0.29, 0.717) is 25.4 Å². The van der Waals surface area contributed by atoms with E-state index in [-0.39, 0.29) is 12.1 Å². The second-order valence-electron chi connectivity index (χ2n) is 3.96. The summed E-state index contributed by atoms with van der Waals surface area (Å²) in [4.78, 5) is 13.6. The Bertz CT molecular complexity index is 377. The maximum Gasteiger partial charge on any atom is 0.322 e. The van der Waals surface area contributed by atoms with Gasteiger partial charge in [0, 0.05) is 26.3 Å². The highest BCUT2D eigenvalue weighted by atomic mass is 16.5. The van der Waals surface area contributed by atoms with Gasteiger partial charge in [-0.05, 0) is 6.92 Å². The summed E-state index contributed by atoms with van der Waals surface area (Å²) in [5, 5.41) is 6.79. The summed E-state index contributed by atoms with van der Waals surface area (Å²) < 4.78 is 7.02. The Morgan fingerprint density at radius 2 is 2.50 bits per heavy atom. The molecule has 16 heavy (non-hydrogen) atoms. The molecule has 0 bridgehead atoms. The van der Waals surface area contributed by atoms with Crippen LogP contribution < -0.4 is 5.32 Å². The molecule has 6 heteroatoms. The van der Waals surface area contributed by atoms with Crippen LogP contribution in [-0.2, 0) is 11.8 Å². The number of ether oxygens (including phenoxy) is 1. The van der Waals surface area contributed by atoms with E-state index >= 15 is 0 Å². The van der Waals surface area contributed by atoms with E-state index in [4.69, 9.17) is 4.74 Å². The largest absolute Gasteiger partial charge is 0.375 e. The quantitative estimate of drug-likeness (QED) is 0.762. The molecule has 0 aliphatic carbocycles. The third-order valence-electron chi connectivity index (χ3n) is 2.48. The van der Waals surface area contributed by atoms with Gasteiger partial charge in [0.15, 0.2) is 0 Å². The molecule has 1 aromatic rings. The SMILES string of the molecule is CC1CN(C(=O)Nc2cnn(C)c2)CCO1. The fourth-order valence-electron chi connectivity index (χ4n) is 1.69. The highest BCUT2D eigenvalue weighted by Crippen LogP contribution is 2.09. The van der Waals surface area contributed by atoms with Crippen molar-refractivity contribution in [2.75, 3.05) is 25.0 Å². The highest BCUT2D eigenvalue weighted by molar-refractivity contribution is 5.89. The molecular formula is C10H16N4O2. The lowest BCUT2D eigenvalue weighted by Crippen LogP contribution is -2.46. The Morgan fingerprint density at radius 3 is 3.12 bits per heavy atom. The van der Waals surface area contributed by atoms with E-state index in [2.05, 4.69) is 10.4 Å². The number of hydrogen-bond acceptors (Lipinski definition) is 3. The molecule has 2 heterocycles. The molecule has 1 atom stereocenters. The third-order valence-corrected chi connectivity index (χ3v) is 2.48. The van der Waals surface area contributed by atoms with Crippen LogP contribution in [-0.4, -0.2) is 46.5 Å². The molecule has 1 saturated heterocycles. The minimum atomic E-state index is -0.0943. The summed E-state index contributed by atoms with van der Waals surface area (Å²) in [6.07, 6.45) is 3.50. The van der Waals surface area contributed by atoms with Gasteiger partial charge >= 0.3 is 6.03 Å². The molecule has 1 N–H and O–H groups in total. The Labute approximate surface area is 94.2 Å². The topological polar surface area (TPSA) is 59.4 Å².